The van der Waals surface area contributed by atoms with Crippen molar-refractivity contribution in [2.75, 3.05) is 11.9 Å². The maximum Gasteiger partial charge on any atom is 0.325 e. The summed E-state index contributed by atoms with van der Waals surface area (Å²) >= 11 is 0. The number of carboxylic acids is 2. The number of likely N-dealkylation sites (tertiary alicyclic amines) is 1. The Morgan fingerprint density at radius 3 is 2.52 bits per heavy atom. The van der Waals surface area contributed by atoms with Crippen LogP contribution in [0.15, 0.2) is 36.5 Å². The first kappa shape index (κ1) is 22.5. The number of aliphatic carboxylic acids is 2. The molecule has 2 amide bonds. The lowest BCUT2D eigenvalue weighted by molar-refractivity contribution is -0.146. The minimum absolute atomic E-state index is 0.297. The molecular weight excluding hydrogens is 428 g/mol. The van der Waals surface area contributed by atoms with E-state index in [1.165, 1.54) is 0 Å². The number of anilines is 1. The van der Waals surface area contributed by atoms with E-state index in [2.05, 4.69) is 10.3 Å². The second-order valence-electron chi connectivity index (χ2n) is 8.53. The van der Waals surface area contributed by atoms with Crippen LogP contribution < -0.4 is 11.1 Å². The number of aromatic amines is 1. The molecule has 0 spiro atoms. The fourth-order valence-corrected chi connectivity index (χ4v) is 4.92. The number of primary amides is 1. The van der Waals surface area contributed by atoms with Crippen LogP contribution >= 0.6 is 0 Å². The number of carbonyl (C=O) groups excluding carboxylic acids is 2. The number of benzene rings is 1. The van der Waals surface area contributed by atoms with Gasteiger partial charge in [-0.3, -0.25) is 24.1 Å². The fraction of sp³-hybridized carbons (Fsp3) is 0.391. The van der Waals surface area contributed by atoms with E-state index in [1.807, 2.05) is 0 Å². The SMILES string of the molecule is NC(=O)[C@@H]1CCCN1[C@H](C(=O)O)c1c[nH]c2ccc(NC(=O)[C@H]3CC=CC[C@@H]3C(=O)O)cc12. The standard InChI is InChI=1S/C23H26N4O6/c24-20(28)18-6-3-9-27(18)19(23(32)33)16-11-25-17-8-7-12(10-15(16)17)26-21(29)13-4-1-2-5-14(13)22(30)31/h1-2,7-8,10-11,13-14,18-19,25H,3-6,9H2,(H2,24,28)(H,26,29)(H,30,31)(H,32,33)/t13-,14-,18-,19-/m0/s1. The van der Waals surface area contributed by atoms with E-state index in [4.69, 9.17) is 5.73 Å². The largest absolute Gasteiger partial charge is 0.481 e. The van der Waals surface area contributed by atoms with Crippen molar-refractivity contribution < 1.29 is 29.4 Å². The van der Waals surface area contributed by atoms with Gasteiger partial charge in [0.2, 0.25) is 11.8 Å². The Morgan fingerprint density at radius 2 is 1.85 bits per heavy atom. The van der Waals surface area contributed by atoms with Gasteiger partial charge in [0.1, 0.15) is 6.04 Å². The average molecular weight is 454 g/mol. The molecule has 1 aromatic heterocycles. The molecule has 10 nitrogen and oxygen atoms in total. The molecule has 1 aliphatic carbocycles. The number of amides is 2. The molecule has 0 bridgehead atoms. The molecule has 6 N–H and O–H groups in total. The number of hydrogen-bond acceptors (Lipinski definition) is 5. The zero-order valence-electron chi connectivity index (χ0n) is 17.9. The second kappa shape index (κ2) is 9.07. The lowest BCUT2D eigenvalue weighted by Gasteiger charge is -2.28. The van der Waals surface area contributed by atoms with Crippen molar-refractivity contribution in [3.8, 4) is 0 Å². The van der Waals surface area contributed by atoms with E-state index in [1.54, 1.807) is 41.4 Å². The predicted octanol–water partition coefficient (Wildman–Crippen LogP) is 1.85. The van der Waals surface area contributed by atoms with Gasteiger partial charge < -0.3 is 26.2 Å². The number of carbonyl (C=O) groups is 4. The van der Waals surface area contributed by atoms with Crippen LogP contribution in [0, 0.1) is 11.8 Å². The maximum absolute atomic E-state index is 12.8. The molecule has 1 fully saturated rings. The number of fused-ring (bicyclic) bond motifs is 1. The van der Waals surface area contributed by atoms with E-state index in [0.717, 1.165) is 0 Å². The average Bonchev–Trinajstić information content (AvgIpc) is 3.42. The number of aromatic nitrogens is 1. The van der Waals surface area contributed by atoms with Crippen LogP contribution in [0.3, 0.4) is 0 Å². The Hall–Kier alpha value is -3.66. The Bertz CT molecular complexity index is 1140. The van der Waals surface area contributed by atoms with Gasteiger partial charge in [-0.25, -0.2) is 0 Å². The molecule has 2 aromatic rings. The summed E-state index contributed by atoms with van der Waals surface area (Å²) in [5.74, 6) is -4.55. The number of H-pyrrole nitrogens is 1. The third-order valence-corrected chi connectivity index (χ3v) is 6.55. The summed E-state index contributed by atoms with van der Waals surface area (Å²) in [4.78, 5) is 53.1. The van der Waals surface area contributed by atoms with Gasteiger partial charge in [-0.15, -0.1) is 0 Å². The zero-order valence-corrected chi connectivity index (χ0v) is 17.9. The van der Waals surface area contributed by atoms with Crippen molar-refractivity contribution in [2.45, 2.75) is 37.8 Å². The van der Waals surface area contributed by atoms with Crippen molar-refractivity contribution in [3.63, 3.8) is 0 Å². The van der Waals surface area contributed by atoms with Crippen LogP contribution in [0.25, 0.3) is 10.9 Å². The number of nitrogens with two attached hydrogens (primary N) is 1. The highest BCUT2D eigenvalue weighted by atomic mass is 16.4. The highest BCUT2D eigenvalue weighted by Crippen LogP contribution is 2.35. The number of allylic oxidation sites excluding steroid dienone is 2. The third-order valence-electron chi connectivity index (χ3n) is 6.55. The van der Waals surface area contributed by atoms with Crippen LogP contribution in [0.2, 0.25) is 0 Å². The summed E-state index contributed by atoms with van der Waals surface area (Å²) < 4.78 is 0. The first-order chi connectivity index (χ1) is 15.8. The summed E-state index contributed by atoms with van der Waals surface area (Å²) in [7, 11) is 0. The first-order valence-electron chi connectivity index (χ1n) is 10.9. The zero-order chi connectivity index (χ0) is 23.7. The number of rotatable bonds is 7. The normalized spacial score (nSPS) is 23.9. The predicted molar refractivity (Wildman–Crippen MR) is 119 cm³/mol. The van der Waals surface area contributed by atoms with Gasteiger partial charge in [-0.1, -0.05) is 12.2 Å². The molecule has 10 heteroatoms. The third kappa shape index (κ3) is 4.34. The minimum atomic E-state index is -1.10. The Morgan fingerprint density at radius 1 is 1.12 bits per heavy atom. The van der Waals surface area contributed by atoms with Crippen molar-refractivity contribution >= 4 is 40.3 Å². The monoisotopic (exact) mass is 454 g/mol. The van der Waals surface area contributed by atoms with Gasteiger partial charge in [0, 0.05) is 34.9 Å². The smallest absolute Gasteiger partial charge is 0.325 e. The summed E-state index contributed by atoms with van der Waals surface area (Å²) in [6.07, 6.45) is 6.98. The fourth-order valence-electron chi connectivity index (χ4n) is 4.92. The molecular formula is C23H26N4O6. The Labute approximate surface area is 189 Å². The molecule has 0 saturated carbocycles. The van der Waals surface area contributed by atoms with Gasteiger partial charge in [0.25, 0.3) is 0 Å². The number of hydrogen-bond donors (Lipinski definition) is 5. The maximum atomic E-state index is 12.8. The van der Waals surface area contributed by atoms with E-state index < -0.39 is 47.7 Å². The molecule has 1 saturated heterocycles. The van der Waals surface area contributed by atoms with Gasteiger partial charge in [-0.05, 0) is 43.9 Å². The molecule has 4 atom stereocenters. The lowest BCUT2D eigenvalue weighted by Crippen LogP contribution is -2.44. The molecule has 2 heterocycles. The molecule has 0 radical (unpaired) electrons. The van der Waals surface area contributed by atoms with Crippen molar-refractivity contribution in [2.24, 2.45) is 17.6 Å². The van der Waals surface area contributed by atoms with Gasteiger partial charge in [-0.2, -0.15) is 0 Å². The van der Waals surface area contributed by atoms with E-state index in [0.29, 0.717) is 54.4 Å². The molecule has 174 valence electrons. The highest BCUT2D eigenvalue weighted by Gasteiger charge is 2.40. The van der Waals surface area contributed by atoms with E-state index >= 15 is 0 Å². The van der Waals surface area contributed by atoms with Crippen LogP contribution in [0.1, 0.15) is 37.3 Å². The summed E-state index contributed by atoms with van der Waals surface area (Å²) in [5.41, 5.74) is 7.07. The summed E-state index contributed by atoms with van der Waals surface area (Å²) in [6.45, 7) is 0.430. The molecule has 0 unspecified atom stereocenters. The quantitative estimate of drug-likeness (QED) is 0.398. The van der Waals surface area contributed by atoms with Crippen LogP contribution in [0.5, 0.6) is 0 Å². The molecule has 1 aliphatic heterocycles. The lowest BCUT2D eigenvalue weighted by atomic mass is 9.82. The van der Waals surface area contributed by atoms with Crippen molar-refractivity contribution in [1.29, 1.82) is 0 Å². The van der Waals surface area contributed by atoms with Crippen molar-refractivity contribution in [3.05, 3.63) is 42.1 Å². The Balaban J connectivity index is 1.64. The van der Waals surface area contributed by atoms with E-state index in [9.17, 15) is 29.4 Å². The topological polar surface area (TPSA) is 166 Å². The van der Waals surface area contributed by atoms with Gasteiger partial charge >= 0.3 is 11.9 Å². The van der Waals surface area contributed by atoms with Gasteiger partial charge in [0.05, 0.1) is 17.9 Å². The summed E-state index contributed by atoms with van der Waals surface area (Å²) in [5, 5.41) is 22.8. The molecule has 1 aromatic carbocycles. The van der Waals surface area contributed by atoms with Crippen LogP contribution in [0.4, 0.5) is 5.69 Å². The van der Waals surface area contributed by atoms with Gasteiger partial charge in [0.15, 0.2) is 0 Å². The minimum Gasteiger partial charge on any atom is -0.481 e. The van der Waals surface area contributed by atoms with Crippen molar-refractivity contribution in [1.82, 2.24) is 9.88 Å². The van der Waals surface area contributed by atoms with Crippen LogP contribution in [-0.4, -0.2) is 56.4 Å². The molecule has 2 aliphatic rings. The summed E-state index contributed by atoms with van der Waals surface area (Å²) in [6, 6.07) is 3.32. The van der Waals surface area contributed by atoms with Crippen LogP contribution in [-0.2, 0) is 19.2 Å². The second-order valence-corrected chi connectivity index (χ2v) is 8.53. The molecule has 33 heavy (non-hydrogen) atoms. The first-order valence-corrected chi connectivity index (χ1v) is 10.9. The number of nitrogens with zero attached hydrogens (tertiary/aromatic N) is 1. The molecule has 4 rings (SSSR count). The van der Waals surface area contributed by atoms with E-state index in [-0.39, 0.29) is 0 Å². The Kier molecular flexibility index (Phi) is 6.19. The number of nitrogens with one attached hydrogen (secondary N) is 2. The number of carboxylic acid groups (broad SMARTS) is 2. The highest BCUT2D eigenvalue weighted by molar-refractivity contribution is 5.98.